The van der Waals surface area contributed by atoms with Gasteiger partial charge in [-0.05, 0) is 25.5 Å². The molecule has 1 aliphatic heterocycles. The van der Waals surface area contributed by atoms with E-state index in [9.17, 15) is 18.0 Å². The molecule has 1 aromatic carbocycles. The smallest absolute Gasteiger partial charge is 0.422 e. The number of carbonyl (C=O) groups excluding carboxylic acids is 1. The van der Waals surface area contributed by atoms with Gasteiger partial charge in [-0.15, -0.1) is 12.4 Å². The van der Waals surface area contributed by atoms with Crippen molar-refractivity contribution in [3.05, 3.63) is 29.8 Å². The zero-order valence-corrected chi connectivity index (χ0v) is 13.3. The summed E-state index contributed by atoms with van der Waals surface area (Å²) in [7, 11) is 0. The summed E-state index contributed by atoms with van der Waals surface area (Å²) < 4.78 is 41.4. The number of halogens is 4. The molecule has 1 saturated heterocycles. The Morgan fingerprint density at radius 3 is 2.74 bits per heavy atom. The van der Waals surface area contributed by atoms with Gasteiger partial charge in [-0.3, -0.25) is 4.79 Å². The molecule has 23 heavy (non-hydrogen) atoms. The van der Waals surface area contributed by atoms with Crippen LogP contribution in [0.2, 0.25) is 0 Å². The van der Waals surface area contributed by atoms with Crippen LogP contribution < -0.4 is 15.4 Å². The third-order valence-electron chi connectivity index (χ3n) is 3.43. The van der Waals surface area contributed by atoms with Gasteiger partial charge in [0.25, 0.3) is 0 Å². The Labute approximate surface area is 139 Å². The third kappa shape index (κ3) is 7.09. The first-order valence-electron chi connectivity index (χ1n) is 7.21. The fraction of sp³-hybridized carbons (Fsp3) is 0.533. The van der Waals surface area contributed by atoms with Crippen molar-refractivity contribution < 1.29 is 22.7 Å². The van der Waals surface area contributed by atoms with Crippen LogP contribution in [-0.4, -0.2) is 31.3 Å². The molecular weight excluding hydrogens is 333 g/mol. The standard InChI is InChI=1S/C15H19F3N2O2.ClH/c16-15(17,18)10-22-13-6-2-1-4-11(13)9-20-14(21)8-12-5-3-7-19-12;/h1-2,4,6,12,19H,3,5,7-10H2,(H,20,21);1H. The lowest BCUT2D eigenvalue weighted by Gasteiger charge is -2.14. The van der Waals surface area contributed by atoms with Gasteiger partial charge in [0.1, 0.15) is 5.75 Å². The van der Waals surface area contributed by atoms with E-state index in [1.54, 1.807) is 18.2 Å². The van der Waals surface area contributed by atoms with E-state index in [1.165, 1.54) is 6.07 Å². The Morgan fingerprint density at radius 2 is 2.09 bits per heavy atom. The van der Waals surface area contributed by atoms with Crippen molar-refractivity contribution in [1.29, 1.82) is 0 Å². The summed E-state index contributed by atoms with van der Waals surface area (Å²) in [4.78, 5) is 11.8. The van der Waals surface area contributed by atoms with Crippen molar-refractivity contribution in [3.8, 4) is 5.75 Å². The van der Waals surface area contributed by atoms with E-state index >= 15 is 0 Å². The summed E-state index contributed by atoms with van der Waals surface area (Å²) in [5, 5.41) is 5.95. The number of nitrogens with one attached hydrogen (secondary N) is 2. The maximum absolute atomic E-state index is 12.2. The SMILES string of the molecule is Cl.O=C(CC1CCCN1)NCc1ccccc1OCC(F)(F)F. The number of rotatable bonds is 6. The first kappa shape index (κ1) is 19.6. The number of amides is 1. The van der Waals surface area contributed by atoms with Crippen LogP contribution in [0, 0.1) is 0 Å². The number of ether oxygens (including phenoxy) is 1. The molecule has 1 heterocycles. The number of benzene rings is 1. The van der Waals surface area contributed by atoms with E-state index in [-0.39, 0.29) is 36.7 Å². The van der Waals surface area contributed by atoms with E-state index in [0.717, 1.165) is 19.4 Å². The summed E-state index contributed by atoms with van der Waals surface area (Å²) in [5.41, 5.74) is 0.527. The average Bonchev–Trinajstić information content (AvgIpc) is 2.96. The zero-order chi connectivity index (χ0) is 16.0. The minimum absolute atomic E-state index is 0. The van der Waals surface area contributed by atoms with Gasteiger partial charge < -0.3 is 15.4 Å². The van der Waals surface area contributed by atoms with Crippen LogP contribution in [0.5, 0.6) is 5.75 Å². The second-order valence-corrected chi connectivity index (χ2v) is 5.29. The highest BCUT2D eigenvalue weighted by atomic mass is 35.5. The molecule has 0 bridgehead atoms. The molecule has 0 spiro atoms. The van der Waals surface area contributed by atoms with Crippen molar-refractivity contribution in [1.82, 2.24) is 10.6 Å². The molecule has 8 heteroatoms. The molecule has 0 saturated carbocycles. The number of para-hydroxylation sites is 1. The van der Waals surface area contributed by atoms with E-state index in [4.69, 9.17) is 4.74 Å². The lowest BCUT2D eigenvalue weighted by molar-refractivity contribution is -0.153. The van der Waals surface area contributed by atoms with Crippen LogP contribution in [0.3, 0.4) is 0 Å². The van der Waals surface area contributed by atoms with Crippen LogP contribution in [0.15, 0.2) is 24.3 Å². The molecule has 1 aliphatic rings. The molecule has 4 nitrogen and oxygen atoms in total. The van der Waals surface area contributed by atoms with Crippen LogP contribution >= 0.6 is 12.4 Å². The second-order valence-electron chi connectivity index (χ2n) is 5.29. The van der Waals surface area contributed by atoms with Gasteiger partial charge in [0.15, 0.2) is 6.61 Å². The molecule has 1 amide bonds. The molecule has 2 rings (SSSR count). The second kappa shape index (κ2) is 8.98. The molecule has 1 aromatic rings. The number of carbonyl (C=O) groups is 1. The fourth-order valence-electron chi connectivity index (χ4n) is 2.37. The fourth-order valence-corrected chi connectivity index (χ4v) is 2.37. The predicted octanol–water partition coefficient (Wildman–Crippen LogP) is 2.81. The van der Waals surface area contributed by atoms with Gasteiger partial charge in [0.2, 0.25) is 5.91 Å². The van der Waals surface area contributed by atoms with E-state index in [1.807, 2.05) is 0 Å². The Kier molecular flexibility index (Phi) is 7.64. The summed E-state index contributed by atoms with van der Waals surface area (Å²) in [6.07, 6.45) is -1.97. The van der Waals surface area contributed by atoms with Gasteiger partial charge >= 0.3 is 6.18 Å². The zero-order valence-electron chi connectivity index (χ0n) is 12.5. The van der Waals surface area contributed by atoms with Crippen LogP contribution in [0.4, 0.5) is 13.2 Å². The normalized spacial score (nSPS) is 17.4. The molecule has 0 aliphatic carbocycles. The average molecular weight is 353 g/mol. The molecule has 1 fully saturated rings. The lowest BCUT2D eigenvalue weighted by Crippen LogP contribution is -2.31. The maximum Gasteiger partial charge on any atom is 0.422 e. The highest BCUT2D eigenvalue weighted by Crippen LogP contribution is 2.22. The quantitative estimate of drug-likeness (QED) is 0.827. The van der Waals surface area contributed by atoms with Crippen molar-refractivity contribution >= 4 is 18.3 Å². The minimum Gasteiger partial charge on any atom is -0.484 e. The Morgan fingerprint density at radius 1 is 1.35 bits per heavy atom. The molecular formula is C15H20ClF3N2O2. The third-order valence-corrected chi connectivity index (χ3v) is 3.43. The highest BCUT2D eigenvalue weighted by molar-refractivity contribution is 5.85. The molecule has 1 unspecified atom stereocenters. The molecule has 0 radical (unpaired) electrons. The number of hydrogen-bond acceptors (Lipinski definition) is 3. The largest absolute Gasteiger partial charge is 0.484 e. The monoisotopic (exact) mass is 352 g/mol. The van der Waals surface area contributed by atoms with Crippen molar-refractivity contribution in [2.24, 2.45) is 0 Å². The van der Waals surface area contributed by atoms with Crippen LogP contribution in [-0.2, 0) is 11.3 Å². The van der Waals surface area contributed by atoms with Gasteiger partial charge in [0, 0.05) is 24.6 Å². The topological polar surface area (TPSA) is 50.4 Å². The molecule has 130 valence electrons. The summed E-state index contributed by atoms with van der Waals surface area (Å²) in [6, 6.07) is 6.59. The lowest BCUT2D eigenvalue weighted by atomic mass is 10.1. The molecule has 0 aromatic heterocycles. The van der Waals surface area contributed by atoms with Crippen molar-refractivity contribution in [3.63, 3.8) is 0 Å². The molecule has 2 N–H and O–H groups in total. The first-order valence-corrected chi connectivity index (χ1v) is 7.21. The van der Waals surface area contributed by atoms with Gasteiger partial charge in [-0.25, -0.2) is 0 Å². The number of alkyl halides is 3. The van der Waals surface area contributed by atoms with Crippen LogP contribution in [0.1, 0.15) is 24.8 Å². The van der Waals surface area contributed by atoms with E-state index in [0.29, 0.717) is 12.0 Å². The van der Waals surface area contributed by atoms with Crippen molar-refractivity contribution in [2.75, 3.05) is 13.2 Å². The molecule has 1 atom stereocenters. The maximum atomic E-state index is 12.2. The summed E-state index contributed by atoms with van der Waals surface area (Å²) >= 11 is 0. The Balaban J connectivity index is 0.00000264. The van der Waals surface area contributed by atoms with E-state index < -0.39 is 12.8 Å². The van der Waals surface area contributed by atoms with Gasteiger partial charge in [0.05, 0.1) is 0 Å². The van der Waals surface area contributed by atoms with Crippen molar-refractivity contribution in [2.45, 2.75) is 38.0 Å². The van der Waals surface area contributed by atoms with Gasteiger partial charge in [-0.1, -0.05) is 18.2 Å². The summed E-state index contributed by atoms with van der Waals surface area (Å²) in [6.45, 7) is -0.268. The highest BCUT2D eigenvalue weighted by Gasteiger charge is 2.28. The Bertz CT molecular complexity index is 506. The van der Waals surface area contributed by atoms with E-state index in [2.05, 4.69) is 10.6 Å². The minimum atomic E-state index is -4.38. The summed E-state index contributed by atoms with van der Waals surface area (Å²) in [5.74, 6) is 0.0177. The van der Waals surface area contributed by atoms with Gasteiger partial charge in [-0.2, -0.15) is 13.2 Å². The van der Waals surface area contributed by atoms with Crippen LogP contribution in [0.25, 0.3) is 0 Å². The predicted molar refractivity (Wildman–Crippen MR) is 82.7 cm³/mol. The number of hydrogen-bond donors (Lipinski definition) is 2. The Hall–Kier alpha value is -1.47. The first-order chi connectivity index (χ1) is 10.4.